The van der Waals surface area contributed by atoms with Crippen molar-refractivity contribution in [3.05, 3.63) is 41.5 Å². The fraction of sp³-hybridized carbons (Fsp3) is 0.385. The van der Waals surface area contributed by atoms with Crippen molar-refractivity contribution in [1.82, 2.24) is 0 Å². The molecular weight excluding hydrogens is 188 g/mol. The number of hydrogen-bond acceptors (Lipinski definition) is 2. The van der Waals surface area contributed by atoms with Crippen molar-refractivity contribution in [1.29, 1.82) is 0 Å². The first-order valence-electron chi connectivity index (χ1n) is 5.04. The summed E-state index contributed by atoms with van der Waals surface area (Å²) in [6.45, 7) is 7.58. The summed E-state index contributed by atoms with van der Waals surface area (Å²) >= 11 is 0. The van der Waals surface area contributed by atoms with Gasteiger partial charge in [-0.25, -0.2) is 0 Å². The largest absolute Gasteiger partial charge is 0.496 e. The molecule has 1 N–H and O–H groups in total. The van der Waals surface area contributed by atoms with Gasteiger partial charge in [-0.3, -0.25) is 0 Å². The van der Waals surface area contributed by atoms with Crippen LogP contribution < -0.4 is 4.74 Å². The van der Waals surface area contributed by atoms with Crippen LogP contribution >= 0.6 is 0 Å². The van der Waals surface area contributed by atoms with Gasteiger partial charge in [0.2, 0.25) is 0 Å². The predicted octanol–water partition coefficient (Wildman–Crippen LogP) is 2.92. The van der Waals surface area contributed by atoms with Crippen LogP contribution in [-0.2, 0) is 0 Å². The molecule has 0 saturated heterocycles. The van der Waals surface area contributed by atoms with Crippen LogP contribution in [0.1, 0.15) is 29.2 Å². The van der Waals surface area contributed by atoms with Crippen LogP contribution in [0.4, 0.5) is 0 Å². The van der Waals surface area contributed by atoms with Crippen LogP contribution in [0.5, 0.6) is 5.75 Å². The lowest BCUT2D eigenvalue weighted by atomic mass is 9.98. The lowest BCUT2D eigenvalue weighted by Gasteiger charge is -2.15. The number of aliphatic hydroxyl groups excluding tert-OH is 1. The highest BCUT2D eigenvalue weighted by Gasteiger charge is 2.11. The zero-order chi connectivity index (χ0) is 11.4. The van der Waals surface area contributed by atoms with Crippen molar-refractivity contribution in [3.8, 4) is 5.75 Å². The number of aliphatic hydroxyl groups is 1. The average Bonchev–Trinajstić information content (AvgIpc) is 2.21. The fourth-order valence-corrected chi connectivity index (χ4v) is 1.68. The van der Waals surface area contributed by atoms with Gasteiger partial charge < -0.3 is 9.84 Å². The minimum Gasteiger partial charge on any atom is -0.496 e. The smallest absolute Gasteiger partial charge is 0.122 e. The molecule has 0 amide bonds. The summed E-state index contributed by atoms with van der Waals surface area (Å²) in [5.74, 6) is 0.863. The molecule has 82 valence electrons. The van der Waals surface area contributed by atoms with Gasteiger partial charge in [0.1, 0.15) is 5.75 Å². The summed E-state index contributed by atoms with van der Waals surface area (Å²) in [5, 5.41) is 9.88. The molecular formula is C13H18O2. The summed E-state index contributed by atoms with van der Waals surface area (Å²) in [7, 11) is 1.65. The Kier molecular flexibility index (Phi) is 3.92. The lowest BCUT2D eigenvalue weighted by Crippen LogP contribution is -2.00. The monoisotopic (exact) mass is 206 g/mol. The summed E-state index contributed by atoms with van der Waals surface area (Å²) in [4.78, 5) is 0. The molecule has 0 radical (unpaired) electrons. The molecule has 1 atom stereocenters. The average molecular weight is 206 g/mol. The topological polar surface area (TPSA) is 29.5 Å². The molecule has 0 bridgehead atoms. The molecule has 0 heterocycles. The van der Waals surface area contributed by atoms with E-state index in [9.17, 15) is 5.11 Å². The number of rotatable bonds is 4. The van der Waals surface area contributed by atoms with E-state index in [1.807, 2.05) is 26.0 Å². The van der Waals surface area contributed by atoms with Gasteiger partial charge in [0.15, 0.2) is 0 Å². The van der Waals surface area contributed by atoms with E-state index in [1.165, 1.54) is 0 Å². The Bertz CT molecular complexity index is 356. The van der Waals surface area contributed by atoms with E-state index in [0.717, 1.165) is 22.4 Å². The summed E-state index contributed by atoms with van der Waals surface area (Å²) < 4.78 is 5.22. The van der Waals surface area contributed by atoms with E-state index in [4.69, 9.17) is 4.74 Å². The second-order valence-electron chi connectivity index (χ2n) is 3.72. The number of aryl methyl sites for hydroxylation is 2. The molecule has 0 spiro atoms. The van der Waals surface area contributed by atoms with E-state index in [1.54, 1.807) is 13.2 Å². The SMILES string of the molecule is C=CCC(O)c1cc(C)c(OC)cc1C. The summed E-state index contributed by atoms with van der Waals surface area (Å²) in [5.41, 5.74) is 3.04. The van der Waals surface area contributed by atoms with Crippen molar-refractivity contribution in [3.63, 3.8) is 0 Å². The molecule has 1 aromatic rings. The molecule has 15 heavy (non-hydrogen) atoms. The molecule has 0 aliphatic heterocycles. The molecule has 0 saturated carbocycles. The van der Waals surface area contributed by atoms with Gasteiger partial charge in [-0.15, -0.1) is 6.58 Å². The van der Waals surface area contributed by atoms with Crippen molar-refractivity contribution in [2.45, 2.75) is 26.4 Å². The van der Waals surface area contributed by atoms with Crippen LogP contribution in [0.2, 0.25) is 0 Å². The maximum Gasteiger partial charge on any atom is 0.122 e. The molecule has 1 unspecified atom stereocenters. The van der Waals surface area contributed by atoms with Crippen LogP contribution in [-0.4, -0.2) is 12.2 Å². The van der Waals surface area contributed by atoms with Gasteiger partial charge in [-0.2, -0.15) is 0 Å². The number of hydrogen-bond donors (Lipinski definition) is 1. The van der Waals surface area contributed by atoms with Crippen LogP contribution in [0, 0.1) is 13.8 Å². The van der Waals surface area contributed by atoms with Gasteiger partial charge >= 0.3 is 0 Å². The van der Waals surface area contributed by atoms with E-state index < -0.39 is 6.10 Å². The molecule has 1 rings (SSSR count). The summed E-state index contributed by atoms with van der Waals surface area (Å²) in [6.07, 6.45) is 1.84. The predicted molar refractivity (Wildman–Crippen MR) is 62.2 cm³/mol. The molecule has 0 fully saturated rings. The first-order valence-corrected chi connectivity index (χ1v) is 5.04. The maximum absolute atomic E-state index is 9.88. The fourth-order valence-electron chi connectivity index (χ4n) is 1.68. The standard InChI is InChI=1S/C13H18O2/c1-5-6-12(14)11-7-10(3)13(15-4)8-9(11)2/h5,7-8,12,14H,1,6H2,2-4H3. The molecule has 0 aliphatic rings. The molecule has 0 aliphatic carbocycles. The van der Waals surface area contributed by atoms with Gasteiger partial charge in [0.05, 0.1) is 13.2 Å². The Morgan fingerprint density at radius 2 is 2.07 bits per heavy atom. The third-order valence-electron chi connectivity index (χ3n) is 2.53. The quantitative estimate of drug-likeness (QED) is 0.767. The molecule has 2 heteroatoms. The van der Waals surface area contributed by atoms with E-state index in [0.29, 0.717) is 6.42 Å². The Morgan fingerprint density at radius 3 is 2.60 bits per heavy atom. The number of ether oxygens (including phenoxy) is 1. The first kappa shape index (κ1) is 11.8. The van der Waals surface area contributed by atoms with E-state index >= 15 is 0 Å². The number of methoxy groups -OCH3 is 1. The van der Waals surface area contributed by atoms with Crippen LogP contribution in [0.15, 0.2) is 24.8 Å². The zero-order valence-corrected chi connectivity index (χ0v) is 9.58. The second kappa shape index (κ2) is 4.99. The maximum atomic E-state index is 9.88. The van der Waals surface area contributed by atoms with Gasteiger partial charge in [-0.1, -0.05) is 6.08 Å². The van der Waals surface area contributed by atoms with Gasteiger partial charge in [0, 0.05) is 0 Å². The summed E-state index contributed by atoms with van der Waals surface area (Å²) in [6, 6.07) is 3.93. The molecule has 1 aromatic carbocycles. The zero-order valence-electron chi connectivity index (χ0n) is 9.58. The van der Waals surface area contributed by atoms with E-state index in [2.05, 4.69) is 6.58 Å². The minimum absolute atomic E-state index is 0.466. The van der Waals surface area contributed by atoms with Crippen LogP contribution in [0.3, 0.4) is 0 Å². The third kappa shape index (κ3) is 2.60. The van der Waals surface area contributed by atoms with Crippen molar-refractivity contribution < 1.29 is 9.84 Å². The highest BCUT2D eigenvalue weighted by Crippen LogP contribution is 2.27. The molecule has 0 aromatic heterocycles. The van der Waals surface area contributed by atoms with Gasteiger partial charge in [-0.05, 0) is 49.1 Å². The minimum atomic E-state index is -0.466. The normalized spacial score (nSPS) is 12.3. The van der Waals surface area contributed by atoms with Crippen molar-refractivity contribution in [2.75, 3.05) is 7.11 Å². The van der Waals surface area contributed by atoms with Gasteiger partial charge in [0.25, 0.3) is 0 Å². The third-order valence-corrected chi connectivity index (χ3v) is 2.53. The van der Waals surface area contributed by atoms with E-state index in [-0.39, 0.29) is 0 Å². The first-order chi connectivity index (χ1) is 7.10. The molecule has 2 nitrogen and oxygen atoms in total. The van der Waals surface area contributed by atoms with Crippen molar-refractivity contribution >= 4 is 0 Å². The lowest BCUT2D eigenvalue weighted by molar-refractivity contribution is 0.180. The Labute approximate surface area is 91.2 Å². The second-order valence-corrected chi connectivity index (χ2v) is 3.72. The Morgan fingerprint density at radius 1 is 1.40 bits per heavy atom. The van der Waals surface area contributed by atoms with Crippen LogP contribution in [0.25, 0.3) is 0 Å². The Balaban J connectivity index is 3.09. The highest BCUT2D eigenvalue weighted by atomic mass is 16.5. The van der Waals surface area contributed by atoms with Crippen molar-refractivity contribution in [2.24, 2.45) is 0 Å². The number of benzene rings is 1. The highest BCUT2D eigenvalue weighted by molar-refractivity contribution is 5.42. The Hall–Kier alpha value is -1.28.